The largest absolute Gasteiger partial charge is 0.440 e. The molecule has 0 atom stereocenters. The number of benzene rings is 1. The molecule has 0 unspecified atom stereocenters. The molecule has 2 heterocycles. The minimum absolute atomic E-state index is 0.0223. The molecule has 5 nitrogen and oxygen atoms in total. The van der Waals surface area contributed by atoms with Gasteiger partial charge in [-0.25, -0.2) is 18.1 Å². The van der Waals surface area contributed by atoms with Crippen molar-refractivity contribution >= 4 is 21.4 Å². The van der Waals surface area contributed by atoms with Gasteiger partial charge in [-0.05, 0) is 30.9 Å². The number of rotatable bonds is 7. The van der Waals surface area contributed by atoms with Crippen molar-refractivity contribution in [1.82, 2.24) is 9.71 Å². The molecule has 0 radical (unpaired) electrons. The van der Waals surface area contributed by atoms with E-state index in [0.717, 1.165) is 27.5 Å². The molecule has 132 valence electrons. The normalized spacial score (nSPS) is 11.8. The van der Waals surface area contributed by atoms with Gasteiger partial charge in [0.1, 0.15) is 5.76 Å². The fourth-order valence-corrected chi connectivity index (χ4v) is 4.24. The highest BCUT2D eigenvalue weighted by molar-refractivity contribution is 7.88. The lowest BCUT2D eigenvalue weighted by molar-refractivity contribution is 0.539. The van der Waals surface area contributed by atoms with Crippen molar-refractivity contribution in [3.63, 3.8) is 0 Å². The monoisotopic (exact) mass is 376 g/mol. The number of hydrogen-bond donors (Lipinski definition) is 1. The quantitative estimate of drug-likeness (QED) is 0.683. The molecule has 7 heteroatoms. The summed E-state index contributed by atoms with van der Waals surface area (Å²) in [5.74, 6) is 1.29. The highest BCUT2D eigenvalue weighted by Crippen LogP contribution is 2.25. The minimum Gasteiger partial charge on any atom is -0.440 e. The highest BCUT2D eigenvalue weighted by Gasteiger charge is 2.14. The van der Waals surface area contributed by atoms with Crippen LogP contribution in [-0.2, 0) is 22.2 Å². The van der Waals surface area contributed by atoms with Crippen LogP contribution in [0.3, 0.4) is 0 Å². The number of nitrogens with zero attached hydrogens (tertiary/aromatic N) is 1. The molecule has 0 fully saturated rings. The van der Waals surface area contributed by atoms with Gasteiger partial charge in [-0.2, -0.15) is 0 Å². The first-order valence-corrected chi connectivity index (χ1v) is 10.5. The molecule has 2 aromatic heterocycles. The second kappa shape index (κ2) is 7.51. The lowest BCUT2D eigenvalue weighted by Crippen LogP contribution is -2.27. The molecule has 0 aliphatic heterocycles. The predicted molar refractivity (Wildman–Crippen MR) is 100 cm³/mol. The summed E-state index contributed by atoms with van der Waals surface area (Å²) >= 11 is 1.56. The molecule has 0 aliphatic carbocycles. The van der Waals surface area contributed by atoms with Gasteiger partial charge < -0.3 is 4.42 Å². The Balaban J connectivity index is 1.58. The molecule has 0 saturated heterocycles. The van der Waals surface area contributed by atoms with Gasteiger partial charge in [0, 0.05) is 13.0 Å². The Morgan fingerprint density at radius 2 is 1.92 bits per heavy atom. The van der Waals surface area contributed by atoms with Gasteiger partial charge in [-0.15, -0.1) is 11.3 Å². The van der Waals surface area contributed by atoms with Crippen LogP contribution >= 0.6 is 11.3 Å². The predicted octanol–water partition coefficient (Wildman–Crippen LogP) is 3.68. The molecular formula is C18H20N2O3S2. The van der Waals surface area contributed by atoms with Crippen LogP contribution in [0.4, 0.5) is 0 Å². The molecule has 1 aromatic carbocycles. The van der Waals surface area contributed by atoms with E-state index in [0.29, 0.717) is 18.9 Å². The van der Waals surface area contributed by atoms with Crippen molar-refractivity contribution in [2.24, 2.45) is 0 Å². The molecule has 0 amide bonds. The maximum atomic E-state index is 12.2. The third kappa shape index (κ3) is 4.78. The lowest BCUT2D eigenvalue weighted by atomic mass is 10.2. The van der Waals surface area contributed by atoms with Gasteiger partial charge in [0.25, 0.3) is 0 Å². The summed E-state index contributed by atoms with van der Waals surface area (Å²) in [6.45, 7) is 4.12. The number of aryl methyl sites for hydroxylation is 2. The molecule has 0 bridgehead atoms. The van der Waals surface area contributed by atoms with Crippen molar-refractivity contribution in [1.29, 1.82) is 0 Å². The topological polar surface area (TPSA) is 72.2 Å². The summed E-state index contributed by atoms with van der Waals surface area (Å²) in [6, 6.07) is 11.4. The summed E-state index contributed by atoms with van der Waals surface area (Å²) in [5, 5.41) is 1.97. The molecule has 3 aromatic rings. The molecule has 25 heavy (non-hydrogen) atoms. The van der Waals surface area contributed by atoms with Crippen LogP contribution in [0.25, 0.3) is 10.8 Å². The van der Waals surface area contributed by atoms with Crippen LogP contribution in [-0.4, -0.2) is 19.9 Å². The zero-order chi connectivity index (χ0) is 17.9. The number of aromatic nitrogens is 1. The Morgan fingerprint density at radius 1 is 1.16 bits per heavy atom. The van der Waals surface area contributed by atoms with Gasteiger partial charge in [0.05, 0.1) is 16.3 Å². The average molecular weight is 377 g/mol. The SMILES string of the molecule is Cc1ccc(CS(=O)(=O)NCCc2nc(-c3cccs3)oc2C)cc1. The van der Waals surface area contributed by atoms with E-state index in [2.05, 4.69) is 9.71 Å². The lowest BCUT2D eigenvalue weighted by Gasteiger charge is -2.06. The van der Waals surface area contributed by atoms with Crippen molar-refractivity contribution in [2.75, 3.05) is 6.54 Å². The fourth-order valence-electron chi connectivity index (χ4n) is 2.45. The van der Waals surface area contributed by atoms with Crippen LogP contribution in [0, 0.1) is 13.8 Å². The van der Waals surface area contributed by atoms with Crippen LogP contribution in [0.15, 0.2) is 46.2 Å². The first kappa shape index (κ1) is 17.8. The van der Waals surface area contributed by atoms with Crippen LogP contribution in [0.2, 0.25) is 0 Å². The maximum absolute atomic E-state index is 12.2. The maximum Gasteiger partial charge on any atom is 0.236 e. The standard InChI is InChI=1S/C18H20N2O3S2/c1-13-5-7-15(8-6-13)12-25(21,22)19-10-9-16-14(2)23-18(20-16)17-4-3-11-24-17/h3-8,11,19H,9-10,12H2,1-2H3. The third-order valence-corrected chi connectivity index (χ3v) is 6.00. The van der Waals surface area contributed by atoms with Gasteiger partial charge in [-0.1, -0.05) is 35.9 Å². The van der Waals surface area contributed by atoms with E-state index < -0.39 is 10.0 Å². The third-order valence-electron chi connectivity index (χ3n) is 3.79. The molecule has 0 saturated carbocycles. The van der Waals surface area contributed by atoms with Crippen molar-refractivity contribution in [2.45, 2.75) is 26.0 Å². The van der Waals surface area contributed by atoms with E-state index in [1.54, 1.807) is 11.3 Å². The number of thiophene rings is 1. The second-order valence-electron chi connectivity index (χ2n) is 5.89. The van der Waals surface area contributed by atoms with Crippen molar-refractivity contribution in [3.8, 4) is 10.8 Å². The van der Waals surface area contributed by atoms with Gasteiger partial charge in [-0.3, -0.25) is 0 Å². The van der Waals surface area contributed by atoms with E-state index >= 15 is 0 Å². The molecule has 0 spiro atoms. The number of sulfonamides is 1. The van der Waals surface area contributed by atoms with Crippen molar-refractivity contribution in [3.05, 3.63) is 64.4 Å². The Labute approximate surface area is 151 Å². The zero-order valence-corrected chi connectivity index (χ0v) is 15.8. The molecule has 1 N–H and O–H groups in total. The Hall–Kier alpha value is -1.96. The summed E-state index contributed by atoms with van der Waals surface area (Å²) in [6.07, 6.45) is 0.494. The molecule has 3 rings (SSSR count). The zero-order valence-electron chi connectivity index (χ0n) is 14.2. The first-order chi connectivity index (χ1) is 11.9. The van der Waals surface area contributed by atoms with Crippen LogP contribution < -0.4 is 4.72 Å². The van der Waals surface area contributed by atoms with E-state index in [1.807, 2.05) is 55.6 Å². The van der Waals surface area contributed by atoms with E-state index in [9.17, 15) is 8.42 Å². The number of hydrogen-bond acceptors (Lipinski definition) is 5. The van der Waals surface area contributed by atoms with Gasteiger partial charge in [0.2, 0.25) is 15.9 Å². The Kier molecular flexibility index (Phi) is 5.36. The van der Waals surface area contributed by atoms with E-state index in [1.165, 1.54) is 0 Å². The van der Waals surface area contributed by atoms with E-state index in [-0.39, 0.29) is 5.75 Å². The van der Waals surface area contributed by atoms with Gasteiger partial charge >= 0.3 is 0 Å². The smallest absolute Gasteiger partial charge is 0.236 e. The van der Waals surface area contributed by atoms with Crippen LogP contribution in [0.5, 0.6) is 0 Å². The summed E-state index contributed by atoms with van der Waals surface area (Å²) in [4.78, 5) is 5.44. The fraction of sp³-hybridized carbons (Fsp3) is 0.278. The Bertz CT molecular complexity index is 927. The first-order valence-electron chi connectivity index (χ1n) is 7.96. The summed E-state index contributed by atoms with van der Waals surface area (Å²) in [5.41, 5.74) is 2.66. The average Bonchev–Trinajstić information content (AvgIpc) is 3.19. The van der Waals surface area contributed by atoms with Gasteiger partial charge in [0.15, 0.2) is 0 Å². The highest BCUT2D eigenvalue weighted by atomic mass is 32.2. The number of nitrogens with one attached hydrogen (secondary N) is 1. The minimum atomic E-state index is -3.37. The summed E-state index contributed by atoms with van der Waals surface area (Å²) < 4.78 is 32.7. The molecular weight excluding hydrogens is 356 g/mol. The Morgan fingerprint density at radius 3 is 2.60 bits per heavy atom. The van der Waals surface area contributed by atoms with Crippen LogP contribution in [0.1, 0.15) is 22.6 Å². The van der Waals surface area contributed by atoms with E-state index in [4.69, 9.17) is 4.42 Å². The number of oxazole rings is 1. The summed E-state index contributed by atoms with van der Waals surface area (Å²) in [7, 11) is -3.37. The second-order valence-corrected chi connectivity index (χ2v) is 8.64. The molecule has 0 aliphatic rings. The van der Waals surface area contributed by atoms with Crippen molar-refractivity contribution < 1.29 is 12.8 Å².